The van der Waals surface area contributed by atoms with Gasteiger partial charge < -0.3 is 10.6 Å². The van der Waals surface area contributed by atoms with Crippen molar-refractivity contribution in [1.82, 2.24) is 20.2 Å². The Morgan fingerprint density at radius 2 is 1.78 bits per heavy atom. The fourth-order valence-corrected chi connectivity index (χ4v) is 3.73. The number of aromatic nitrogens is 4. The van der Waals surface area contributed by atoms with E-state index >= 15 is 0 Å². The molecule has 3 heterocycles. The molecule has 176 valence electrons. The molecule has 0 unspecified atom stereocenters. The van der Waals surface area contributed by atoms with Crippen molar-refractivity contribution in [2.24, 2.45) is 5.92 Å². The molecule has 1 aliphatic rings. The highest BCUT2D eigenvalue weighted by Crippen LogP contribution is 2.32. The topological polar surface area (TPSA) is 134 Å². The molecule has 0 atom stereocenters. The third kappa shape index (κ3) is 5.08. The van der Waals surface area contributed by atoms with Gasteiger partial charge in [0.15, 0.2) is 5.69 Å². The van der Waals surface area contributed by atoms with E-state index in [1.54, 1.807) is 18.5 Å². The molecule has 0 spiro atoms. The summed E-state index contributed by atoms with van der Waals surface area (Å²) >= 11 is 0. The van der Waals surface area contributed by atoms with Gasteiger partial charge in [-0.05, 0) is 78.9 Å². The summed E-state index contributed by atoms with van der Waals surface area (Å²) in [5.74, 6) is 0.139. The molecule has 2 N–H and O–H groups in total. The van der Waals surface area contributed by atoms with Gasteiger partial charge >= 0.3 is 0 Å². The number of carbonyl (C=O) groups is 2. The van der Waals surface area contributed by atoms with E-state index in [4.69, 9.17) is 5.26 Å². The molecular weight excluding hydrogens is 454 g/mol. The summed E-state index contributed by atoms with van der Waals surface area (Å²) in [4.78, 5) is 33.5. The summed E-state index contributed by atoms with van der Waals surface area (Å²) in [6.07, 6.45) is 6.52. The zero-order valence-electron chi connectivity index (χ0n) is 19.4. The molecule has 5 rings (SSSR count). The quantitative estimate of drug-likeness (QED) is 0.423. The van der Waals surface area contributed by atoms with E-state index in [1.807, 2.05) is 49.4 Å². The minimum absolute atomic E-state index is 0.00109. The third-order valence-corrected chi connectivity index (χ3v) is 5.84. The Labute approximate surface area is 207 Å². The standard InChI is InChI=1S/C27H21N7O2/c1-16-2-5-21(32-27(36)24-10-17(14-28)15-31-34-24)13-22(16)19-6-8-29-23(11-19)20-7-9-30-25(12-20)33-26(35)18-3-4-18/h2,5-13,15,18H,3-4H2,1H3,(H,32,36)(H,30,33,35). The van der Waals surface area contributed by atoms with Gasteiger partial charge in [-0.1, -0.05) is 6.07 Å². The number of amides is 2. The van der Waals surface area contributed by atoms with Gasteiger partial charge in [-0.25, -0.2) is 4.98 Å². The Kier molecular flexibility index (Phi) is 6.16. The van der Waals surface area contributed by atoms with Crippen molar-refractivity contribution in [3.05, 3.63) is 83.9 Å². The van der Waals surface area contributed by atoms with E-state index < -0.39 is 5.91 Å². The normalized spacial score (nSPS) is 12.4. The van der Waals surface area contributed by atoms with Crippen LogP contribution in [0.1, 0.15) is 34.5 Å². The zero-order valence-corrected chi connectivity index (χ0v) is 19.4. The summed E-state index contributed by atoms with van der Waals surface area (Å²) in [7, 11) is 0. The minimum Gasteiger partial charge on any atom is -0.321 e. The summed E-state index contributed by atoms with van der Waals surface area (Å²) in [5, 5.41) is 22.2. The Hall–Kier alpha value is -4.97. The Bertz CT molecular complexity index is 1520. The number of aryl methyl sites for hydroxylation is 1. The molecule has 9 heteroatoms. The number of rotatable bonds is 6. The van der Waals surface area contributed by atoms with Crippen LogP contribution in [0.15, 0.2) is 67.1 Å². The molecule has 36 heavy (non-hydrogen) atoms. The number of nitrogens with zero attached hydrogens (tertiary/aromatic N) is 5. The summed E-state index contributed by atoms with van der Waals surface area (Å²) < 4.78 is 0. The van der Waals surface area contributed by atoms with Gasteiger partial charge in [0.1, 0.15) is 11.9 Å². The molecule has 0 aliphatic heterocycles. The number of hydrogen-bond donors (Lipinski definition) is 2. The first-order valence-electron chi connectivity index (χ1n) is 11.4. The monoisotopic (exact) mass is 475 g/mol. The Morgan fingerprint density at radius 1 is 0.972 bits per heavy atom. The molecule has 2 amide bonds. The lowest BCUT2D eigenvalue weighted by atomic mass is 9.99. The van der Waals surface area contributed by atoms with Crippen LogP contribution in [0, 0.1) is 24.2 Å². The van der Waals surface area contributed by atoms with Gasteiger partial charge in [0.05, 0.1) is 17.5 Å². The van der Waals surface area contributed by atoms with E-state index in [9.17, 15) is 9.59 Å². The molecule has 9 nitrogen and oxygen atoms in total. The van der Waals surface area contributed by atoms with Crippen molar-refractivity contribution in [3.8, 4) is 28.5 Å². The second-order valence-electron chi connectivity index (χ2n) is 8.55. The molecular formula is C27H21N7O2. The molecule has 1 saturated carbocycles. The zero-order chi connectivity index (χ0) is 25.1. The average Bonchev–Trinajstić information content (AvgIpc) is 3.76. The van der Waals surface area contributed by atoms with Crippen LogP contribution in [-0.2, 0) is 4.79 Å². The lowest BCUT2D eigenvalue weighted by molar-refractivity contribution is -0.117. The number of benzene rings is 1. The maximum atomic E-state index is 12.6. The number of hydrogen-bond acceptors (Lipinski definition) is 7. The van der Waals surface area contributed by atoms with Crippen molar-refractivity contribution in [2.45, 2.75) is 19.8 Å². The van der Waals surface area contributed by atoms with E-state index in [0.29, 0.717) is 11.5 Å². The highest BCUT2D eigenvalue weighted by Gasteiger charge is 2.29. The fraction of sp³-hybridized carbons (Fsp3) is 0.148. The predicted octanol–water partition coefficient (Wildman–Crippen LogP) is 4.38. The van der Waals surface area contributed by atoms with Crippen LogP contribution in [0.3, 0.4) is 0 Å². The first-order chi connectivity index (χ1) is 17.5. The summed E-state index contributed by atoms with van der Waals surface area (Å²) in [5.41, 5.74) is 5.32. The predicted molar refractivity (Wildman–Crippen MR) is 134 cm³/mol. The van der Waals surface area contributed by atoms with Crippen LogP contribution >= 0.6 is 0 Å². The van der Waals surface area contributed by atoms with Gasteiger partial charge in [-0.3, -0.25) is 14.6 Å². The molecule has 0 saturated heterocycles. The minimum atomic E-state index is -0.456. The van der Waals surface area contributed by atoms with E-state index in [2.05, 4.69) is 30.8 Å². The van der Waals surface area contributed by atoms with Gasteiger partial charge in [0, 0.05) is 29.6 Å². The first kappa shape index (κ1) is 22.8. The van der Waals surface area contributed by atoms with Crippen molar-refractivity contribution in [3.63, 3.8) is 0 Å². The lowest BCUT2D eigenvalue weighted by Crippen LogP contribution is -2.14. The van der Waals surface area contributed by atoms with Crippen molar-refractivity contribution in [1.29, 1.82) is 5.26 Å². The van der Waals surface area contributed by atoms with Gasteiger partial charge in [0.2, 0.25) is 5.91 Å². The second-order valence-corrected chi connectivity index (χ2v) is 8.55. The first-order valence-corrected chi connectivity index (χ1v) is 11.4. The average molecular weight is 476 g/mol. The lowest BCUT2D eigenvalue weighted by Gasteiger charge is -2.12. The van der Waals surface area contributed by atoms with Crippen LogP contribution < -0.4 is 10.6 Å². The smallest absolute Gasteiger partial charge is 0.276 e. The molecule has 0 radical (unpaired) electrons. The Morgan fingerprint density at radius 3 is 2.58 bits per heavy atom. The largest absolute Gasteiger partial charge is 0.321 e. The number of anilines is 2. The van der Waals surface area contributed by atoms with E-state index in [-0.39, 0.29) is 23.1 Å². The van der Waals surface area contributed by atoms with E-state index in [1.165, 1.54) is 12.3 Å². The van der Waals surface area contributed by atoms with E-state index in [0.717, 1.165) is 40.8 Å². The SMILES string of the molecule is Cc1ccc(NC(=O)c2cc(C#N)cnn2)cc1-c1ccnc(-c2ccnc(NC(=O)C3CC3)c2)c1. The number of carbonyl (C=O) groups excluding carboxylic acids is 2. The Balaban J connectivity index is 1.40. The highest BCUT2D eigenvalue weighted by molar-refractivity contribution is 6.03. The van der Waals surface area contributed by atoms with Gasteiger partial charge in [0.25, 0.3) is 5.91 Å². The van der Waals surface area contributed by atoms with Crippen LogP contribution in [0.2, 0.25) is 0 Å². The second kappa shape index (κ2) is 9.72. The molecule has 0 bridgehead atoms. The van der Waals surface area contributed by atoms with Crippen LogP contribution in [0.5, 0.6) is 0 Å². The molecule has 1 fully saturated rings. The number of nitriles is 1. The van der Waals surface area contributed by atoms with Crippen LogP contribution in [0.4, 0.5) is 11.5 Å². The maximum absolute atomic E-state index is 12.6. The van der Waals surface area contributed by atoms with Gasteiger partial charge in [-0.2, -0.15) is 10.4 Å². The number of pyridine rings is 2. The van der Waals surface area contributed by atoms with Crippen LogP contribution in [0.25, 0.3) is 22.4 Å². The van der Waals surface area contributed by atoms with Crippen LogP contribution in [-0.4, -0.2) is 32.0 Å². The van der Waals surface area contributed by atoms with Crippen molar-refractivity contribution < 1.29 is 9.59 Å². The van der Waals surface area contributed by atoms with Crippen molar-refractivity contribution >= 4 is 23.3 Å². The summed E-state index contributed by atoms with van der Waals surface area (Å²) in [6, 6.07) is 16.5. The molecule has 3 aromatic heterocycles. The molecule has 4 aromatic rings. The van der Waals surface area contributed by atoms with Crippen molar-refractivity contribution in [2.75, 3.05) is 10.6 Å². The third-order valence-electron chi connectivity index (χ3n) is 5.84. The molecule has 1 aliphatic carbocycles. The summed E-state index contributed by atoms with van der Waals surface area (Å²) in [6.45, 7) is 1.99. The highest BCUT2D eigenvalue weighted by atomic mass is 16.2. The fourth-order valence-electron chi connectivity index (χ4n) is 3.73. The number of nitrogens with one attached hydrogen (secondary N) is 2. The molecule has 1 aromatic carbocycles. The van der Waals surface area contributed by atoms with Gasteiger partial charge in [-0.15, -0.1) is 5.10 Å². The maximum Gasteiger partial charge on any atom is 0.276 e.